The van der Waals surface area contributed by atoms with E-state index in [1.165, 1.54) is 0 Å². The summed E-state index contributed by atoms with van der Waals surface area (Å²) in [5.74, 6) is 1.15. The molecule has 7 nitrogen and oxygen atoms in total. The molecule has 18 heavy (non-hydrogen) atoms. The molecule has 98 valence electrons. The van der Waals surface area contributed by atoms with Gasteiger partial charge in [0.25, 0.3) is 0 Å². The minimum atomic E-state index is -0.535. The van der Waals surface area contributed by atoms with Crippen molar-refractivity contribution in [3.63, 3.8) is 0 Å². The largest absolute Gasteiger partial charge is 0.378 e. The predicted octanol–water partition coefficient (Wildman–Crippen LogP) is 1.51. The first-order valence-corrected chi connectivity index (χ1v) is 6.02. The number of hydrogen-bond donors (Lipinski definition) is 1. The SMILES string of the molecule is Cc1nc(N2CCC(C)CC2)nc(N)c1[N+](=O)[O-]. The average molecular weight is 251 g/mol. The van der Waals surface area contributed by atoms with Gasteiger partial charge in [-0.3, -0.25) is 10.1 Å². The monoisotopic (exact) mass is 251 g/mol. The average Bonchev–Trinajstić information content (AvgIpc) is 2.28. The zero-order valence-electron chi connectivity index (χ0n) is 10.6. The first-order chi connectivity index (χ1) is 8.49. The number of aromatic nitrogens is 2. The lowest BCUT2D eigenvalue weighted by Gasteiger charge is -2.30. The molecular weight excluding hydrogens is 234 g/mol. The van der Waals surface area contributed by atoms with Gasteiger partial charge in [0.2, 0.25) is 11.8 Å². The van der Waals surface area contributed by atoms with Crippen molar-refractivity contribution in [3.05, 3.63) is 15.8 Å². The highest BCUT2D eigenvalue weighted by Crippen LogP contribution is 2.27. The molecule has 2 heterocycles. The summed E-state index contributed by atoms with van der Waals surface area (Å²) < 4.78 is 0. The summed E-state index contributed by atoms with van der Waals surface area (Å²) >= 11 is 0. The number of nitro groups is 1. The maximum absolute atomic E-state index is 10.8. The second-order valence-electron chi connectivity index (χ2n) is 4.77. The summed E-state index contributed by atoms with van der Waals surface area (Å²) in [6, 6.07) is 0. The third-order valence-corrected chi connectivity index (χ3v) is 3.32. The Hall–Kier alpha value is -1.92. The summed E-state index contributed by atoms with van der Waals surface area (Å²) in [4.78, 5) is 20.6. The molecule has 1 aromatic rings. The minimum Gasteiger partial charge on any atom is -0.378 e. The number of nitrogens with zero attached hydrogens (tertiary/aromatic N) is 4. The van der Waals surface area contributed by atoms with Gasteiger partial charge in [-0.15, -0.1) is 0 Å². The Balaban J connectivity index is 2.28. The molecule has 1 aliphatic heterocycles. The number of aryl methyl sites for hydroxylation is 1. The molecule has 0 unspecified atom stereocenters. The standard InChI is InChI=1S/C11H17N5O2/c1-7-3-5-15(6-4-7)11-13-8(2)9(16(17)18)10(12)14-11/h7H,3-6H2,1-2H3,(H2,12,13,14). The van der Waals surface area contributed by atoms with Gasteiger partial charge in [0.1, 0.15) is 5.69 Å². The lowest BCUT2D eigenvalue weighted by Crippen LogP contribution is -2.34. The van der Waals surface area contributed by atoms with Gasteiger partial charge in [-0.25, -0.2) is 4.98 Å². The first kappa shape index (κ1) is 12.5. The zero-order chi connectivity index (χ0) is 13.3. The Morgan fingerprint density at radius 1 is 1.39 bits per heavy atom. The van der Waals surface area contributed by atoms with Crippen molar-refractivity contribution < 1.29 is 4.92 Å². The predicted molar refractivity (Wildman–Crippen MR) is 68.4 cm³/mol. The molecule has 0 aromatic carbocycles. The van der Waals surface area contributed by atoms with Crippen LogP contribution in [0.2, 0.25) is 0 Å². The third-order valence-electron chi connectivity index (χ3n) is 3.32. The van der Waals surface area contributed by atoms with Crippen molar-refractivity contribution >= 4 is 17.5 Å². The third kappa shape index (κ3) is 2.34. The normalized spacial score (nSPS) is 16.9. The lowest BCUT2D eigenvalue weighted by molar-refractivity contribution is -0.385. The van der Waals surface area contributed by atoms with E-state index in [1.54, 1.807) is 6.92 Å². The van der Waals surface area contributed by atoms with Gasteiger partial charge in [0.05, 0.1) is 4.92 Å². The molecule has 1 fully saturated rings. The quantitative estimate of drug-likeness (QED) is 0.632. The van der Waals surface area contributed by atoms with E-state index < -0.39 is 4.92 Å². The van der Waals surface area contributed by atoms with Crippen molar-refractivity contribution in [2.45, 2.75) is 26.7 Å². The summed E-state index contributed by atoms with van der Waals surface area (Å²) in [5, 5.41) is 10.8. The van der Waals surface area contributed by atoms with Gasteiger partial charge in [-0.05, 0) is 25.7 Å². The van der Waals surface area contributed by atoms with E-state index in [0.717, 1.165) is 25.9 Å². The summed E-state index contributed by atoms with van der Waals surface area (Å²) in [7, 11) is 0. The van der Waals surface area contributed by atoms with Crippen LogP contribution in [-0.4, -0.2) is 28.0 Å². The fraction of sp³-hybridized carbons (Fsp3) is 0.636. The molecule has 0 atom stereocenters. The highest BCUT2D eigenvalue weighted by atomic mass is 16.6. The molecule has 1 aliphatic rings. The Morgan fingerprint density at radius 2 is 2.00 bits per heavy atom. The summed E-state index contributed by atoms with van der Waals surface area (Å²) in [6.07, 6.45) is 2.17. The second kappa shape index (κ2) is 4.75. The van der Waals surface area contributed by atoms with Crippen molar-refractivity contribution in [3.8, 4) is 0 Å². The van der Waals surface area contributed by atoms with E-state index in [0.29, 0.717) is 17.6 Å². The first-order valence-electron chi connectivity index (χ1n) is 6.02. The molecule has 1 aromatic heterocycles. The van der Waals surface area contributed by atoms with Crippen LogP contribution in [0.1, 0.15) is 25.5 Å². The van der Waals surface area contributed by atoms with Crippen LogP contribution in [0.15, 0.2) is 0 Å². The van der Waals surface area contributed by atoms with Crippen LogP contribution in [0.4, 0.5) is 17.5 Å². The molecule has 2 N–H and O–H groups in total. The van der Waals surface area contributed by atoms with Crippen LogP contribution < -0.4 is 10.6 Å². The Morgan fingerprint density at radius 3 is 2.50 bits per heavy atom. The van der Waals surface area contributed by atoms with Gasteiger partial charge in [0, 0.05) is 13.1 Å². The Labute approximate surface area is 105 Å². The molecule has 0 spiro atoms. The van der Waals surface area contributed by atoms with E-state index in [-0.39, 0.29) is 11.5 Å². The van der Waals surface area contributed by atoms with Crippen LogP contribution >= 0.6 is 0 Å². The molecule has 0 bridgehead atoms. The zero-order valence-corrected chi connectivity index (χ0v) is 10.6. The molecule has 0 radical (unpaired) electrons. The Kier molecular flexibility index (Phi) is 3.31. The maximum atomic E-state index is 10.8. The second-order valence-corrected chi connectivity index (χ2v) is 4.77. The number of piperidine rings is 1. The van der Waals surface area contributed by atoms with Crippen LogP contribution in [0.5, 0.6) is 0 Å². The summed E-state index contributed by atoms with van der Waals surface area (Å²) in [5.41, 5.74) is 5.77. The lowest BCUT2D eigenvalue weighted by atomic mass is 10.00. The molecule has 7 heteroatoms. The van der Waals surface area contributed by atoms with E-state index in [9.17, 15) is 10.1 Å². The van der Waals surface area contributed by atoms with E-state index in [4.69, 9.17) is 5.73 Å². The van der Waals surface area contributed by atoms with Crippen molar-refractivity contribution in [1.29, 1.82) is 0 Å². The molecule has 0 saturated carbocycles. The molecule has 0 amide bonds. The number of nitrogen functional groups attached to an aromatic ring is 1. The number of rotatable bonds is 2. The summed E-state index contributed by atoms with van der Waals surface area (Å²) in [6.45, 7) is 5.55. The highest BCUT2D eigenvalue weighted by Gasteiger charge is 2.23. The van der Waals surface area contributed by atoms with Crippen LogP contribution in [-0.2, 0) is 0 Å². The molecular formula is C11H17N5O2. The smallest absolute Gasteiger partial charge is 0.332 e. The van der Waals surface area contributed by atoms with Crippen molar-refractivity contribution in [2.75, 3.05) is 23.7 Å². The van der Waals surface area contributed by atoms with Crippen molar-refractivity contribution in [1.82, 2.24) is 9.97 Å². The van der Waals surface area contributed by atoms with E-state index in [1.807, 2.05) is 4.90 Å². The van der Waals surface area contributed by atoms with Gasteiger partial charge >= 0.3 is 5.69 Å². The van der Waals surface area contributed by atoms with Crippen LogP contribution in [0, 0.1) is 23.0 Å². The van der Waals surface area contributed by atoms with Gasteiger partial charge in [0.15, 0.2) is 0 Å². The van der Waals surface area contributed by atoms with E-state index in [2.05, 4.69) is 16.9 Å². The van der Waals surface area contributed by atoms with E-state index >= 15 is 0 Å². The van der Waals surface area contributed by atoms with Crippen LogP contribution in [0.25, 0.3) is 0 Å². The highest BCUT2D eigenvalue weighted by molar-refractivity contribution is 5.58. The minimum absolute atomic E-state index is 0.0545. The molecule has 0 aliphatic carbocycles. The molecule has 2 rings (SSSR count). The number of nitrogens with two attached hydrogens (primary N) is 1. The fourth-order valence-corrected chi connectivity index (χ4v) is 2.15. The number of anilines is 2. The van der Waals surface area contributed by atoms with Gasteiger partial charge in [-0.2, -0.15) is 4.98 Å². The van der Waals surface area contributed by atoms with Gasteiger partial charge < -0.3 is 10.6 Å². The number of hydrogen-bond acceptors (Lipinski definition) is 6. The van der Waals surface area contributed by atoms with Crippen molar-refractivity contribution in [2.24, 2.45) is 5.92 Å². The van der Waals surface area contributed by atoms with Gasteiger partial charge in [-0.1, -0.05) is 6.92 Å². The fourth-order valence-electron chi connectivity index (χ4n) is 2.15. The molecule has 1 saturated heterocycles. The van der Waals surface area contributed by atoms with Crippen LogP contribution in [0.3, 0.4) is 0 Å². The maximum Gasteiger partial charge on any atom is 0.332 e. The topological polar surface area (TPSA) is 98.2 Å². The Bertz CT molecular complexity index is 445.